The van der Waals surface area contributed by atoms with Crippen molar-refractivity contribution < 1.29 is 18.0 Å². The van der Waals surface area contributed by atoms with Gasteiger partial charge in [-0.15, -0.1) is 11.3 Å². The molecule has 2 saturated heterocycles. The number of sulfonamides is 1. The summed E-state index contributed by atoms with van der Waals surface area (Å²) in [5.41, 5.74) is 0.821. The van der Waals surface area contributed by atoms with Gasteiger partial charge < -0.3 is 9.80 Å². The van der Waals surface area contributed by atoms with Gasteiger partial charge in [-0.2, -0.15) is 0 Å². The highest BCUT2D eigenvalue weighted by Gasteiger charge is 2.36. The SMILES string of the molecule is CS(=O)(=O)NCC(=O)N1CCC(c2cc(C(=O)N3CCCC4CCCCC43)cs2)CC1. The Morgan fingerprint density at radius 3 is 2.52 bits per heavy atom. The first-order valence-corrected chi connectivity index (χ1v) is 14.2. The first-order valence-electron chi connectivity index (χ1n) is 11.4. The first kappa shape index (κ1) is 22.7. The molecule has 172 valence electrons. The molecule has 7 nitrogen and oxygen atoms in total. The molecule has 1 N–H and O–H groups in total. The van der Waals surface area contributed by atoms with Crippen molar-refractivity contribution in [3.8, 4) is 0 Å². The van der Waals surface area contributed by atoms with Crippen LogP contribution in [0.25, 0.3) is 0 Å². The van der Waals surface area contributed by atoms with E-state index in [1.807, 2.05) is 5.38 Å². The Bertz CT molecular complexity index is 904. The zero-order chi connectivity index (χ0) is 22.0. The number of amides is 2. The maximum Gasteiger partial charge on any atom is 0.254 e. The molecule has 2 atom stereocenters. The molecule has 0 radical (unpaired) electrons. The molecule has 1 saturated carbocycles. The Hall–Kier alpha value is -1.45. The molecule has 2 amide bonds. The van der Waals surface area contributed by atoms with Crippen LogP contribution in [0.15, 0.2) is 11.4 Å². The third-order valence-electron chi connectivity index (χ3n) is 7.11. The highest BCUT2D eigenvalue weighted by Crippen LogP contribution is 2.37. The van der Waals surface area contributed by atoms with E-state index in [0.717, 1.165) is 44.0 Å². The lowest BCUT2D eigenvalue weighted by molar-refractivity contribution is -0.130. The van der Waals surface area contributed by atoms with Crippen LogP contribution in [0.4, 0.5) is 0 Å². The summed E-state index contributed by atoms with van der Waals surface area (Å²) < 4.78 is 24.7. The van der Waals surface area contributed by atoms with Gasteiger partial charge in [0.25, 0.3) is 5.91 Å². The molecule has 4 rings (SSSR count). The molecule has 1 aromatic rings. The van der Waals surface area contributed by atoms with Crippen LogP contribution < -0.4 is 4.72 Å². The van der Waals surface area contributed by atoms with E-state index in [4.69, 9.17) is 0 Å². The molecule has 1 aliphatic carbocycles. The van der Waals surface area contributed by atoms with Crippen molar-refractivity contribution in [1.29, 1.82) is 0 Å². The van der Waals surface area contributed by atoms with E-state index >= 15 is 0 Å². The largest absolute Gasteiger partial charge is 0.342 e. The number of hydrogen-bond acceptors (Lipinski definition) is 5. The van der Waals surface area contributed by atoms with Gasteiger partial charge in [0.15, 0.2) is 0 Å². The van der Waals surface area contributed by atoms with Crippen LogP contribution in [0.1, 0.15) is 72.5 Å². The zero-order valence-electron chi connectivity index (χ0n) is 18.2. The second-order valence-electron chi connectivity index (χ2n) is 9.24. The number of piperidine rings is 2. The predicted molar refractivity (Wildman–Crippen MR) is 122 cm³/mol. The van der Waals surface area contributed by atoms with Gasteiger partial charge in [0.05, 0.1) is 18.4 Å². The Kier molecular flexibility index (Phi) is 7.03. The molecule has 1 aromatic heterocycles. The first-order chi connectivity index (χ1) is 14.8. The van der Waals surface area contributed by atoms with Crippen LogP contribution in [0.5, 0.6) is 0 Å². The van der Waals surface area contributed by atoms with Crippen molar-refractivity contribution >= 4 is 33.2 Å². The summed E-state index contributed by atoms with van der Waals surface area (Å²) in [5.74, 6) is 1.04. The van der Waals surface area contributed by atoms with Gasteiger partial charge in [0.2, 0.25) is 15.9 Å². The number of carbonyl (C=O) groups is 2. The molecule has 3 fully saturated rings. The third-order valence-corrected chi connectivity index (χ3v) is 8.87. The van der Waals surface area contributed by atoms with Crippen molar-refractivity contribution in [2.75, 3.05) is 32.4 Å². The molecule has 2 aliphatic heterocycles. The highest BCUT2D eigenvalue weighted by molar-refractivity contribution is 7.88. The summed E-state index contributed by atoms with van der Waals surface area (Å²) in [6.45, 7) is 1.93. The number of hydrogen-bond donors (Lipinski definition) is 1. The van der Waals surface area contributed by atoms with Crippen LogP contribution in [0.3, 0.4) is 0 Å². The van der Waals surface area contributed by atoms with Crippen molar-refractivity contribution in [2.45, 2.75) is 63.3 Å². The summed E-state index contributed by atoms with van der Waals surface area (Å²) in [6, 6.07) is 2.50. The second-order valence-corrected chi connectivity index (χ2v) is 12.0. The van der Waals surface area contributed by atoms with Crippen molar-refractivity contribution in [1.82, 2.24) is 14.5 Å². The molecule has 3 heterocycles. The summed E-state index contributed by atoms with van der Waals surface area (Å²) in [4.78, 5) is 30.6. The van der Waals surface area contributed by atoms with Gasteiger partial charge in [-0.25, -0.2) is 13.1 Å². The number of carbonyl (C=O) groups excluding carboxylic acids is 2. The molecule has 0 aromatic carbocycles. The molecule has 31 heavy (non-hydrogen) atoms. The summed E-state index contributed by atoms with van der Waals surface area (Å²) in [7, 11) is -3.37. The van der Waals surface area contributed by atoms with E-state index in [9.17, 15) is 18.0 Å². The van der Waals surface area contributed by atoms with Crippen molar-refractivity contribution in [3.63, 3.8) is 0 Å². The quantitative estimate of drug-likeness (QED) is 0.721. The Balaban J connectivity index is 1.33. The highest BCUT2D eigenvalue weighted by atomic mass is 32.2. The van der Waals surface area contributed by atoms with Gasteiger partial charge in [-0.1, -0.05) is 12.8 Å². The lowest BCUT2D eigenvalue weighted by atomic mass is 9.78. The van der Waals surface area contributed by atoms with Crippen LogP contribution in [0.2, 0.25) is 0 Å². The number of nitrogens with zero attached hydrogens (tertiary/aromatic N) is 2. The summed E-state index contributed by atoms with van der Waals surface area (Å²) in [6.07, 6.45) is 10.1. The molecule has 3 aliphatic rings. The topological polar surface area (TPSA) is 86.8 Å². The van der Waals surface area contributed by atoms with E-state index in [1.165, 1.54) is 30.6 Å². The van der Waals surface area contributed by atoms with E-state index in [1.54, 1.807) is 16.2 Å². The minimum Gasteiger partial charge on any atom is -0.342 e. The standard InChI is InChI=1S/C22H33N3O4S2/c1-31(28,29)23-14-21(26)24-11-8-17(9-12-24)20-13-18(15-30-20)22(27)25-10-4-6-16-5-2-3-7-19(16)25/h13,15-17,19,23H,2-12,14H2,1H3. The van der Waals surface area contributed by atoms with Crippen molar-refractivity contribution in [3.05, 3.63) is 21.9 Å². The molecular formula is C22H33N3O4S2. The van der Waals surface area contributed by atoms with Crippen LogP contribution >= 0.6 is 11.3 Å². The summed E-state index contributed by atoms with van der Waals surface area (Å²) in [5, 5.41) is 2.01. The summed E-state index contributed by atoms with van der Waals surface area (Å²) >= 11 is 1.66. The smallest absolute Gasteiger partial charge is 0.254 e. The maximum absolute atomic E-state index is 13.3. The number of nitrogens with one attached hydrogen (secondary N) is 1. The fourth-order valence-electron chi connectivity index (χ4n) is 5.44. The third kappa shape index (κ3) is 5.49. The lowest BCUT2D eigenvalue weighted by Gasteiger charge is -2.44. The van der Waals surface area contributed by atoms with Gasteiger partial charge in [-0.3, -0.25) is 9.59 Å². The lowest BCUT2D eigenvalue weighted by Crippen LogP contribution is -2.49. The molecule has 9 heteroatoms. The molecule has 0 spiro atoms. The van der Waals surface area contributed by atoms with Crippen LogP contribution in [-0.4, -0.2) is 68.5 Å². The van der Waals surface area contributed by atoms with E-state index in [2.05, 4.69) is 15.7 Å². The van der Waals surface area contributed by atoms with Crippen LogP contribution in [0, 0.1) is 5.92 Å². The van der Waals surface area contributed by atoms with Gasteiger partial charge in [0, 0.05) is 35.9 Å². The predicted octanol–water partition coefficient (Wildman–Crippen LogP) is 2.80. The van der Waals surface area contributed by atoms with Crippen LogP contribution in [-0.2, 0) is 14.8 Å². The monoisotopic (exact) mass is 467 g/mol. The Morgan fingerprint density at radius 2 is 1.77 bits per heavy atom. The van der Waals surface area contributed by atoms with Gasteiger partial charge in [-0.05, 0) is 56.4 Å². The number of likely N-dealkylation sites (tertiary alicyclic amines) is 2. The second kappa shape index (κ2) is 9.58. The van der Waals surface area contributed by atoms with Gasteiger partial charge in [0.1, 0.15) is 0 Å². The normalized spacial score (nSPS) is 25.3. The fraction of sp³-hybridized carbons (Fsp3) is 0.727. The fourth-order valence-corrected chi connectivity index (χ4v) is 6.88. The number of fused-ring (bicyclic) bond motifs is 1. The van der Waals surface area contributed by atoms with E-state index in [0.29, 0.717) is 31.0 Å². The van der Waals surface area contributed by atoms with E-state index in [-0.39, 0.29) is 18.4 Å². The molecule has 0 bridgehead atoms. The van der Waals surface area contributed by atoms with E-state index < -0.39 is 10.0 Å². The number of rotatable bonds is 5. The molecular weight excluding hydrogens is 434 g/mol. The van der Waals surface area contributed by atoms with Gasteiger partial charge >= 0.3 is 0 Å². The Morgan fingerprint density at radius 1 is 1.06 bits per heavy atom. The minimum absolute atomic E-state index is 0.181. The zero-order valence-corrected chi connectivity index (χ0v) is 19.8. The average Bonchev–Trinajstić information content (AvgIpc) is 3.26. The minimum atomic E-state index is -3.37. The number of thiophene rings is 1. The average molecular weight is 468 g/mol. The van der Waals surface area contributed by atoms with Crippen molar-refractivity contribution in [2.24, 2.45) is 5.92 Å². The Labute approximate surface area is 189 Å². The maximum atomic E-state index is 13.3. The molecule has 2 unspecified atom stereocenters.